The fraction of sp³-hybridized carbons (Fsp3) is 0.0909. The third kappa shape index (κ3) is 2.02. The molecule has 18 heavy (non-hydrogen) atoms. The number of aromatic carboxylic acids is 1. The van der Waals surface area contributed by atoms with Gasteiger partial charge in [-0.25, -0.2) is 9.18 Å². The highest BCUT2D eigenvalue weighted by atomic mass is 35.5. The van der Waals surface area contributed by atoms with Crippen LogP contribution in [0.2, 0.25) is 5.02 Å². The molecule has 0 aliphatic rings. The lowest BCUT2D eigenvalue weighted by Gasteiger charge is -2.07. The average molecular weight is 272 g/mol. The van der Waals surface area contributed by atoms with Crippen molar-refractivity contribution in [1.29, 1.82) is 0 Å². The van der Waals surface area contributed by atoms with E-state index in [-0.39, 0.29) is 27.8 Å². The van der Waals surface area contributed by atoms with Gasteiger partial charge in [-0.3, -0.25) is 0 Å². The van der Waals surface area contributed by atoms with Gasteiger partial charge in [0.15, 0.2) is 17.3 Å². The van der Waals surface area contributed by atoms with Crippen LogP contribution in [0.25, 0.3) is 11.3 Å². The first-order valence-electron chi connectivity index (χ1n) is 4.77. The summed E-state index contributed by atoms with van der Waals surface area (Å²) in [5.74, 6) is -1.93. The Bertz CT molecular complexity index is 611. The van der Waals surface area contributed by atoms with Gasteiger partial charge >= 0.3 is 5.97 Å². The van der Waals surface area contributed by atoms with E-state index in [4.69, 9.17) is 26.0 Å². The van der Waals surface area contributed by atoms with Crippen molar-refractivity contribution in [3.63, 3.8) is 0 Å². The molecule has 94 valence electrons. The summed E-state index contributed by atoms with van der Waals surface area (Å²) in [6, 6.07) is 3.87. The minimum Gasteiger partial charge on any atom is -0.496 e. The number of hydrogen-bond acceptors (Lipinski definition) is 4. The van der Waals surface area contributed by atoms with Crippen molar-refractivity contribution in [1.82, 2.24) is 5.16 Å². The number of methoxy groups -OCH3 is 1. The van der Waals surface area contributed by atoms with E-state index in [1.807, 2.05) is 0 Å². The molecular weight excluding hydrogens is 265 g/mol. The standard InChI is InChI=1S/C11H7ClFNO4/c1-17-7-3-2-5(12)10(13)9(7)8-4-6(11(15)16)14-18-8/h2-4H,1H3,(H,15,16). The maximum atomic E-state index is 13.9. The molecule has 0 spiro atoms. The van der Waals surface area contributed by atoms with Crippen LogP contribution in [0, 0.1) is 5.82 Å². The van der Waals surface area contributed by atoms with Crippen LogP contribution in [0.15, 0.2) is 22.7 Å². The van der Waals surface area contributed by atoms with Gasteiger partial charge in [-0.1, -0.05) is 16.8 Å². The monoisotopic (exact) mass is 271 g/mol. The molecule has 0 aliphatic carbocycles. The maximum Gasteiger partial charge on any atom is 0.358 e. The first-order chi connectivity index (χ1) is 8.54. The summed E-state index contributed by atoms with van der Waals surface area (Å²) >= 11 is 5.65. The number of halogens is 2. The van der Waals surface area contributed by atoms with Crippen LogP contribution in [0.4, 0.5) is 4.39 Å². The third-order valence-electron chi connectivity index (χ3n) is 2.25. The Morgan fingerprint density at radius 1 is 1.56 bits per heavy atom. The smallest absolute Gasteiger partial charge is 0.358 e. The predicted octanol–water partition coefficient (Wildman–Crippen LogP) is 2.84. The van der Waals surface area contributed by atoms with Gasteiger partial charge in [0.1, 0.15) is 5.75 Å². The fourth-order valence-corrected chi connectivity index (χ4v) is 1.58. The molecule has 0 fully saturated rings. The van der Waals surface area contributed by atoms with Crippen molar-refractivity contribution < 1.29 is 23.6 Å². The number of nitrogens with zero attached hydrogens (tertiary/aromatic N) is 1. The summed E-state index contributed by atoms with van der Waals surface area (Å²) in [7, 11) is 1.35. The van der Waals surface area contributed by atoms with E-state index in [9.17, 15) is 9.18 Å². The molecule has 5 nitrogen and oxygen atoms in total. The van der Waals surface area contributed by atoms with Crippen LogP contribution >= 0.6 is 11.6 Å². The number of rotatable bonds is 3. The van der Waals surface area contributed by atoms with Gasteiger partial charge < -0.3 is 14.4 Å². The van der Waals surface area contributed by atoms with Gasteiger partial charge in [0.2, 0.25) is 0 Å². The molecule has 7 heteroatoms. The Labute approximate surface area is 106 Å². The fourth-order valence-electron chi connectivity index (χ4n) is 1.43. The average Bonchev–Trinajstić information content (AvgIpc) is 2.81. The molecule has 1 aromatic carbocycles. The first-order valence-corrected chi connectivity index (χ1v) is 5.14. The van der Waals surface area contributed by atoms with Crippen molar-refractivity contribution >= 4 is 17.6 Å². The molecule has 0 atom stereocenters. The molecule has 1 aromatic heterocycles. The molecule has 2 aromatic rings. The molecule has 0 aliphatic heterocycles. The summed E-state index contributed by atoms with van der Waals surface area (Å²) in [6.45, 7) is 0. The minimum atomic E-state index is -1.27. The number of ether oxygens (including phenoxy) is 1. The molecule has 1 heterocycles. The van der Waals surface area contributed by atoms with E-state index in [1.165, 1.54) is 19.2 Å². The van der Waals surface area contributed by atoms with Gasteiger partial charge in [0.25, 0.3) is 0 Å². The zero-order valence-corrected chi connectivity index (χ0v) is 9.86. The van der Waals surface area contributed by atoms with Gasteiger partial charge in [0, 0.05) is 6.07 Å². The minimum absolute atomic E-state index is 0.0648. The highest BCUT2D eigenvalue weighted by Crippen LogP contribution is 2.36. The zero-order valence-electron chi connectivity index (χ0n) is 9.11. The zero-order chi connectivity index (χ0) is 13.3. The number of carboxylic acid groups (broad SMARTS) is 1. The van der Waals surface area contributed by atoms with Crippen molar-refractivity contribution in [3.8, 4) is 17.1 Å². The lowest BCUT2D eigenvalue weighted by molar-refractivity contribution is 0.0686. The Morgan fingerprint density at radius 2 is 2.28 bits per heavy atom. The summed E-state index contributed by atoms with van der Waals surface area (Å²) in [4.78, 5) is 10.7. The molecule has 0 bridgehead atoms. The summed E-state index contributed by atoms with van der Waals surface area (Å²) in [5, 5.41) is 11.9. The molecule has 1 N–H and O–H groups in total. The Balaban J connectivity index is 2.61. The molecule has 0 saturated heterocycles. The normalized spacial score (nSPS) is 10.4. The van der Waals surface area contributed by atoms with Crippen molar-refractivity contribution in [3.05, 3.63) is 34.7 Å². The quantitative estimate of drug-likeness (QED) is 0.929. The van der Waals surface area contributed by atoms with Gasteiger partial charge in [-0.15, -0.1) is 0 Å². The topological polar surface area (TPSA) is 72.6 Å². The molecular formula is C11H7ClFNO4. The van der Waals surface area contributed by atoms with Gasteiger partial charge in [-0.05, 0) is 12.1 Å². The predicted molar refractivity (Wildman–Crippen MR) is 60.4 cm³/mol. The summed E-state index contributed by atoms with van der Waals surface area (Å²) in [5.41, 5.74) is -0.392. The van der Waals surface area contributed by atoms with Crippen LogP contribution in [0.5, 0.6) is 5.75 Å². The van der Waals surface area contributed by atoms with E-state index in [0.717, 1.165) is 6.07 Å². The van der Waals surface area contributed by atoms with Crippen LogP contribution in [0.3, 0.4) is 0 Å². The number of benzene rings is 1. The highest BCUT2D eigenvalue weighted by Gasteiger charge is 2.21. The van der Waals surface area contributed by atoms with Gasteiger partial charge in [0.05, 0.1) is 17.7 Å². The van der Waals surface area contributed by atoms with Crippen molar-refractivity contribution in [2.45, 2.75) is 0 Å². The lowest BCUT2D eigenvalue weighted by Crippen LogP contribution is -1.95. The van der Waals surface area contributed by atoms with E-state index >= 15 is 0 Å². The van der Waals surface area contributed by atoms with Crippen LogP contribution in [0.1, 0.15) is 10.5 Å². The van der Waals surface area contributed by atoms with E-state index in [1.54, 1.807) is 0 Å². The number of carbonyl (C=O) groups is 1. The number of aromatic nitrogens is 1. The second-order valence-corrected chi connectivity index (χ2v) is 3.73. The van der Waals surface area contributed by atoms with E-state index < -0.39 is 11.8 Å². The maximum absolute atomic E-state index is 13.9. The van der Waals surface area contributed by atoms with Gasteiger partial charge in [-0.2, -0.15) is 0 Å². The largest absolute Gasteiger partial charge is 0.496 e. The molecule has 0 saturated carbocycles. The number of carboxylic acids is 1. The second kappa shape index (κ2) is 4.66. The lowest BCUT2D eigenvalue weighted by atomic mass is 10.1. The molecule has 0 unspecified atom stereocenters. The SMILES string of the molecule is COc1ccc(Cl)c(F)c1-c1cc(C(=O)O)no1. The third-order valence-corrected chi connectivity index (χ3v) is 2.54. The van der Waals surface area contributed by atoms with Crippen LogP contribution in [-0.2, 0) is 0 Å². The molecule has 2 rings (SSSR count). The molecule has 0 amide bonds. The van der Waals surface area contributed by atoms with Crippen molar-refractivity contribution in [2.24, 2.45) is 0 Å². The first kappa shape index (κ1) is 12.4. The van der Waals surface area contributed by atoms with E-state index in [0.29, 0.717) is 0 Å². The Morgan fingerprint density at radius 3 is 2.83 bits per heavy atom. The Kier molecular flexibility index (Phi) is 3.20. The second-order valence-electron chi connectivity index (χ2n) is 3.32. The van der Waals surface area contributed by atoms with Crippen LogP contribution in [-0.4, -0.2) is 23.3 Å². The van der Waals surface area contributed by atoms with Crippen molar-refractivity contribution in [2.75, 3.05) is 7.11 Å². The molecule has 0 radical (unpaired) electrons. The number of hydrogen-bond donors (Lipinski definition) is 1. The van der Waals surface area contributed by atoms with Crippen LogP contribution < -0.4 is 4.74 Å². The summed E-state index contributed by atoms with van der Waals surface area (Å²) < 4.78 is 23.7. The Hall–Kier alpha value is -2.08. The highest BCUT2D eigenvalue weighted by molar-refractivity contribution is 6.31. The summed E-state index contributed by atoms with van der Waals surface area (Å²) in [6.07, 6.45) is 0. The van der Waals surface area contributed by atoms with E-state index in [2.05, 4.69) is 5.16 Å².